The van der Waals surface area contributed by atoms with Crippen LogP contribution in [0.2, 0.25) is 0 Å². The number of allylic oxidation sites excluding steroid dienone is 2. The van der Waals surface area contributed by atoms with Crippen molar-refractivity contribution >= 4 is 11.6 Å². The summed E-state index contributed by atoms with van der Waals surface area (Å²) >= 11 is 0. The number of hydrogen-bond donors (Lipinski definition) is 0. The molecule has 1 aromatic rings. The minimum Gasteiger partial charge on any atom is -0.492 e. The molecule has 5 nitrogen and oxygen atoms in total. The van der Waals surface area contributed by atoms with Gasteiger partial charge in [0.2, 0.25) is 5.91 Å². The molecule has 2 heterocycles. The Hall–Kier alpha value is -2.01. The fourth-order valence-corrected chi connectivity index (χ4v) is 5.17. The van der Waals surface area contributed by atoms with Crippen LogP contribution in [0.3, 0.4) is 0 Å². The van der Waals surface area contributed by atoms with Gasteiger partial charge in [0.25, 0.3) is 0 Å². The van der Waals surface area contributed by atoms with E-state index < -0.39 is 0 Å². The Labute approximate surface area is 181 Å². The van der Waals surface area contributed by atoms with Crippen LogP contribution in [0.15, 0.2) is 36.4 Å². The van der Waals surface area contributed by atoms with Crippen molar-refractivity contribution in [3.63, 3.8) is 0 Å². The van der Waals surface area contributed by atoms with Gasteiger partial charge in [0, 0.05) is 38.6 Å². The normalized spacial score (nSPS) is 23.6. The molecule has 0 spiro atoms. The van der Waals surface area contributed by atoms with Gasteiger partial charge in [-0.1, -0.05) is 24.3 Å². The van der Waals surface area contributed by atoms with Crippen LogP contribution in [-0.4, -0.2) is 68.1 Å². The smallest absolute Gasteiger partial charge is 0.225 e. The first-order valence-corrected chi connectivity index (χ1v) is 11.9. The third kappa shape index (κ3) is 5.18. The number of carbonyl (C=O) groups is 1. The zero-order chi connectivity index (χ0) is 20.8. The number of para-hydroxylation sites is 2. The van der Waals surface area contributed by atoms with Crippen molar-refractivity contribution in [2.24, 2.45) is 11.8 Å². The Kier molecular flexibility index (Phi) is 7.32. The van der Waals surface area contributed by atoms with E-state index in [1.807, 2.05) is 19.1 Å². The molecule has 1 atom stereocenters. The summed E-state index contributed by atoms with van der Waals surface area (Å²) in [5.74, 6) is 2.36. The van der Waals surface area contributed by atoms with Gasteiger partial charge in [-0.05, 0) is 70.2 Å². The molecule has 0 aromatic heterocycles. The first kappa shape index (κ1) is 21.2. The molecule has 0 unspecified atom stereocenters. The van der Waals surface area contributed by atoms with E-state index in [1.165, 1.54) is 25.8 Å². The molecular weight excluding hydrogens is 374 g/mol. The molecule has 164 valence electrons. The van der Waals surface area contributed by atoms with E-state index in [-0.39, 0.29) is 5.92 Å². The van der Waals surface area contributed by atoms with Gasteiger partial charge in [-0.15, -0.1) is 0 Å². The van der Waals surface area contributed by atoms with E-state index in [0.717, 1.165) is 69.5 Å². The van der Waals surface area contributed by atoms with Gasteiger partial charge in [-0.2, -0.15) is 0 Å². The molecule has 2 aliphatic heterocycles. The number of likely N-dealkylation sites (tertiary alicyclic amines) is 1. The quantitative estimate of drug-likeness (QED) is 0.667. The van der Waals surface area contributed by atoms with Gasteiger partial charge in [-0.3, -0.25) is 4.79 Å². The molecule has 30 heavy (non-hydrogen) atoms. The molecule has 2 fully saturated rings. The third-order valence-corrected chi connectivity index (χ3v) is 6.93. The lowest BCUT2D eigenvalue weighted by Crippen LogP contribution is -2.52. The highest BCUT2D eigenvalue weighted by atomic mass is 16.5. The SMILES string of the molecule is CCOc1ccccc1N1CCN(C(=O)C2CCN(C[C@@H]3CC=CCC3)CC2)CC1. The molecule has 2 saturated heterocycles. The zero-order valence-electron chi connectivity index (χ0n) is 18.5. The van der Waals surface area contributed by atoms with Gasteiger partial charge >= 0.3 is 0 Å². The van der Waals surface area contributed by atoms with Gasteiger partial charge < -0.3 is 19.4 Å². The number of amides is 1. The van der Waals surface area contributed by atoms with Crippen LogP contribution in [0.4, 0.5) is 5.69 Å². The minimum absolute atomic E-state index is 0.217. The summed E-state index contributed by atoms with van der Waals surface area (Å²) in [6, 6.07) is 8.24. The summed E-state index contributed by atoms with van der Waals surface area (Å²) in [6.07, 6.45) is 10.5. The molecule has 1 aromatic carbocycles. The lowest BCUT2D eigenvalue weighted by atomic mass is 9.91. The van der Waals surface area contributed by atoms with Crippen LogP contribution < -0.4 is 9.64 Å². The van der Waals surface area contributed by atoms with E-state index >= 15 is 0 Å². The van der Waals surface area contributed by atoms with Crippen LogP contribution >= 0.6 is 0 Å². The van der Waals surface area contributed by atoms with Crippen molar-refractivity contribution in [3.8, 4) is 5.75 Å². The summed E-state index contributed by atoms with van der Waals surface area (Å²) in [5.41, 5.74) is 1.15. The number of nitrogens with zero attached hydrogens (tertiary/aromatic N) is 3. The Morgan fingerprint density at radius 3 is 2.47 bits per heavy atom. The molecule has 5 heteroatoms. The highest BCUT2D eigenvalue weighted by molar-refractivity contribution is 5.79. The second-order valence-corrected chi connectivity index (χ2v) is 8.94. The summed E-state index contributed by atoms with van der Waals surface area (Å²) in [6.45, 7) is 9.45. The number of piperazine rings is 1. The molecule has 3 aliphatic rings. The molecule has 0 saturated carbocycles. The topological polar surface area (TPSA) is 36.0 Å². The number of carbonyl (C=O) groups excluding carboxylic acids is 1. The van der Waals surface area contributed by atoms with E-state index in [9.17, 15) is 4.79 Å². The molecule has 0 radical (unpaired) electrons. The van der Waals surface area contributed by atoms with E-state index in [2.05, 4.69) is 39.0 Å². The molecule has 0 bridgehead atoms. The standard InChI is InChI=1S/C25H37N3O2/c1-2-30-24-11-7-6-10-23(24)27-16-18-28(19-17-27)25(29)22-12-14-26(15-13-22)20-21-8-4-3-5-9-21/h3-4,6-7,10-11,21-22H,2,5,8-9,12-20H2,1H3/t21-/m1/s1. The Morgan fingerprint density at radius 1 is 1.00 bits per heavy atom. The number of rotatable bonds is 6. The van der Waals surface area contributed by atoms with Crippen molar-refractivity contribution in [2.45, 2.75) is 39.0 Å². The Balaban J connectivity index is 1.23. The summed E-state index contributed by atoms with van der Waals surface area (Å²) in [7, 11) is 0. The van der Waals surface area contributed by atoms with Crippen LogP contribution in [0.25, 0.3) is 0 Å². The van der Waals surface area contributed by atoms with Gasteiger partial charge in [0.15, 0.2) is 0 Å². The number of anilines is 1. The lowest BCUT2D eigenvalue weighted by Gasteiger charge is -2.40. The average molecular weight is 412 g/mol. The highest BCUT2D eigenvalue weighted by Gasteiger charge is 2.31. The second kappa shape index (κ2) is 10.3. The maximum absolute atomic E-state index is 13.1. The van der Waals surface area contributed by atoms with Crippen molar-refractivity contribution in [1.82, 2.24) is 9.80 Å². The second-order valence-electron chi connectivity index (χ2n) is 8.94. The maximum Gasteiger partial charge on any atom is 0.225 e. The zero-order valence-corrected chi connectivity index (χ0v) is 18.5. The van der Waals surface area contributed by atoms with E-state index in [4.69, 9.17) is 4.74 Å². The van der Waals surface area contributed by atoms with Crippen molar-refractivity contribution in [2.75, 3.05) is 57.3 Å². The van der Waals surface area contributed by atoms with Gasteiger partial charge in [0.1, 0.15) is 5.75 Å². The van der Waals surface area contributed by atoms with Crippen molar-refractivity contribution in [3.05, 3.63) is 36.4 Å². The predicted octanol–water partition coefficient (Wildman–Crippen LogP) is 3.80. The van der Waals surface area contributed by atoms with Gasteiger partial charge in [-0.25, -0.2) is 0 Å². The third-order valence-electron chi connectivity index (χ3n) is 6.93. The van der Waals surface area contributed by atoms with Crippen LogP contribution in [-0.2, 0) is 4.79 Å². The fraction of sp³-hybridized carbons (Fsp3) is 0.640. The number of ether oxygens (including phenoxy) is 1. The largest absolute Gasteiger partial charge is 0.492 e. The first-order chi connectivity index (χ1) is 14.7. The summed E-state index contributed by atoms with van der Waals surface area (Å²) in [5, 5.41) is 0. The monoisotopic (exact) mass is 411 g/mol. The average Bonchev–Trinajstić information content (AvgIpc) is 2.81. The lowest BCUT2D eigenvalue weighted by molar-refractivity contribution is -0.137. The molecule has 4 rings (SSSR count). The van der Waals surface area contributed by atoms with Crippen molar-refractivity contribution < 1.29 is 9.53 Å². The maximum atomic E-state index is 13.1. The van der Waals surface area contributed by atoms with Crippen LogP contribution in [0, 0.1) is 11.8 Å². The van der Waals surface area contributed by atoms with E-state index in [1.54, 1.807) is 0 Å². The van der Waals surface area contributed by atoms with Gasteiger partial charge in [0.05, 0.1) is 12.3 Å². The molecular formula is C25H37N3O2. The van der Waals surface area contributed by atoms with Crippen LogP contribution in [0.1, 0.15) is 39.0 Å². The predicted molar refractivity (Wildman–Crippen MR) is 122 cm³/mol. The van der Waals surface area contributed by atoms with Crippen LogP contribution in [0.5, 0.6) is 5.75 Å². The number of piperidine rings is 1. The van der Waals surface area contributed by atoms with E-state index in [0.29, 0.717) is 12.5 Å². The molecule has 0 N–H and O–H groups in total. The summed E-state index contributed by atoms with van der Waals surface area (Å²) in [4.78, 5) is 20.2. The molecule has 1 aliphatic carbocycles. The highest BCUT2D eigenvalue weighted by Crippen LogP contribution is 2.30. The van der Waals surface area contributed by atoms with Crippen molar-refractivity contribution in [1.29, 1.82) is 0 Å². The first-order valence-electron chi connectivity index (χ1n) is 11.9. The number of benzene rings is 1. The minimum atomic E-state index is 0.217. The number of hydrogen-bond acceptors (Lipinski definition) is 4. The summed E-state index contributed by atoms with van der Waals surface area (Å²) < 4.78 is 5.79. The Morgan fingerprint density at radius 2 is 1.77 bits per heavy atom. The fourth-order valence-electron chi connectivity index (χ4n) is 5.17. The molecule has 1 amide bonds. The Bertz CT molecular complexity index is 719.